The molecule has 2 aromatic carbocycles. The highest BCUT2D eigenvalue weighted by molar-refractivity contribution is 6.15. The molecule has 0 fully saturated rings. The second kappa shape index (κ2) is 9.31. The van der Waals surface area contributed by atoms with E-state index in [1.807, 2.05) is 32.9 Å². The normalized spacial score (nSPS) is 11.6. The molecule has 2 rings (SSSR count). The molecule has 0 aliphatic carbocycles. The number of esters is 1. The Labute approximate surface area is 166 Å². The van der Waals surface area contributed by atoms with Crippen LogP contribution >= 0.6 is 0 Å². The molecule has 5 nitrogen and oxygen atoms in total. The first-order valence-corrected chi connectivity index (χ1v) is 9.38. The average molecular weight is 381 g/mol. The van der Waals surface area contributed by atoms with E-state index < -0.39 is 5.92 Å². The van der Waals surface area contributed by atoms with Crippen molar-refractivity contribution in [3.05, 3.63) is 70.3 Å². The van der Waals surface area contributed by atoms with Gasteiger partial charge in [0.15, 0.2) is 5.78 Å². The second-order valence-electron chi connectivity index (χ2n) is 6.94. The maximum Gasteiger partial charge on any atom is 0.310 e. The molecule has 0 aliphatic heterocycles. The monoisotopic (exact) mass is 381 g/mol. The lowest BCUT2D eigenvalue weighted by molar-refractivity contribution is -0.145. The predicted octanol–water partition coefficient (Wildman–Crippen LogP) is 3.81. The standard InChI is InChI=1S/C23H27NO4/c1-6-24(14-17(4)23(27)28-5)22(26)20-10-8-7-9-19(20)21(25)18-12-11-15(2)16(3)13-18/h7-13,17H,6,14H2,1-5H3. The van der Waals surface area contributed by atoms with Gasteiger partial charge >= 0.3 is 5.97 Å². The number of ketones is 1. The molecule has 0 bridgehead atoms. The number of rotatable bonds is 7. The van der Waals surface area contributed by atoms with E-state index in [0.717, 1.165) is 11.1 Å². The number of hydrogen-bond donors (Lipinski definition) is 0. The fraction of sp³-hybridized carbons (Fsp3) is 0.348. The molecule has 0 aliphatic rings. The van der Waals surface area contributed by atoms with E-state index in [1.54, 1.807) is 42.2 Å². The van der Waals surface area contributed by atoms with Crippen molar-refractivity contribution in [2.45, 2.75) is 27.7 Å². The van der Waals surface area contributed by atoms with Gasteiger partial charge in [0.25, 0.3) is 5.91 Å². The zero-order valence-corrected chi connectivity index (χ0v) is 17.1. The smallest absolute Gasteiger partial charge is 0.310 e. The van der Waals surface area contributed by atoms with Crippen LogP contribution < -0.4 is 0 Å². The zero-order valence-electron chi connectivity index (χ0n) is 17.1. The van der Waals surface area contributed by atoms with Crippen LogP contribution in [0, 0.1) is 19.8 Å². The Hall–Kier alpha value is -2.95. The van der Waals surface area contributed by atoms with Crippen molar-refractivity contribution in [1.29, 1.82) is 0 Å². The van der Waals surface area contributed by atoms with Crippen molar-refractivity contribution in [3.8, 4) is 0 Å². The Morgan fingerprint density at radius 3 is 2.21 bits per heavy atom. The highest BCUT2D eigenvalue weighted by Gasteiger charge is 2.25. The molecule has 0 heterocycles. The highest BCUT2D eigenvalue weighted by atomic mass is 16.5. The first kappa shape index (κ1) is 21.4. The zero-order chi connectivity index (χ0) is 20.8. The minimum absolute atomic E-state index is 0.191. The topological polar surface area (TPSA) is 63.7 Å². The molecule has 0 radical (unpaired) electrons. The van der Waals surface area contributed by atoms with Gasteiger partial charge in [0, 0.05) is 24.2 Å². The SMILES string of the molecule is CCN(CC(C)C(=O)OC)C(=O)c1ccccc1C(=O)c1ccc(C)c(C)c1. The van der Waals surface area contributed by atoms with E-state index in [9.17, 15) is 14.4 Å². The summed E-state index contributed by atoms with van der Waals surface area (Å²) in [6, 6.07) is 12.3. The van der Waals surface area contributed by atoms with Gasteiger partial charge in [0.05, 0.1) is 18.6 Å². The average Bonchev–Trinajstić information content (AvgIpc) is 2.72. The molecule has 0 saturated carbocycles. The minimum Gasteiger partial charge on any atom is -0.469 e. The molecule has 28 heavy (non-hydrogen) atoms. The van der Waals surface area contributed by atoms with Crippen LogP contribution in [0.2, 0.25) is 0 Å². The molecule has 1 atom stereocenters. The fourth-order valence-corrected chi connectivity index (χ4v) is 3.04. The van der Waals surface area contributed by atoms with Crippen LogP contribution in [-0.2, 0) is 9.53 Å². The summed E-state index contributed by atoms with van der Waals surface area (Å²) in [4.78, 5) is 39.5. The Morgan fingerprint density at radius 2 is 1.64 bits per heavy atom. The fourth-order valence-electron chi connectivity index (χ4n) is 3.04. The van der Waals surface area contributed by atoms with Crippen LogP contribution in [0.1, 0.15) is 51.3 Å². The van der Waals surface area contributed by atoms with Crippen LogP contribution in [0.25, 0.3) is 0 Å². The quantitative estimate of drug-likeness (QED) is 0.540. The minimum atomic E-state index is -0.448. The summed E-state index contributed by atoms with van der Waals surface area (Å²) in [5.74, 6) is -1.28. The first-order valence-electron chi connectivity index (χ1n) is 9.38. The van der Waals surface area contributed by atoms with E-state index in [0.29, 0.717) is 23.2 Å². The number of carbonyl (C=O) groups excluding carboxylic acids is 3. The van der Waals surface area contributed by atoms with Gasteiger partial charge in [-0.25, -0.2) is 0 Å². The van der Waals surface area contributed by atoms with Crippen LogP contribution in [-0.4, -0.2) is 42.8 Å². The third-order valence-corrected chi connectivity index (χ3v) is 4.94. The molecule has 5 heteroatoms. The highest BCUT2D eigenvalue weighted by Crippen LogP contribution is 2.19. The van der Waals surface area contributed by atoms with Crippen LogP contribution in [0.5, 0.6) is 0 Å². The van der Waals surface area contributed by atoms with Gasteiger partial charge in [-0.2, -0.15) is 0 Å². The number of benzene rings is 2. The van der Waals surface area contributed by atoms with E-state index in [1.165, 1.54) is 7.11 Å². The van der Waals surface area contributed by atoms with Gasteiger partial charge in [-0.3, -0.25) is 14.4 Å². The molecule has 0 N–H and O–H groups in total. The van der Waals surface area contributed by atoms with Gasteiger partial charge in [-0.15, -0.1) is 0 Å². The number of hydrogen-bond acceptors (Lipinski definition) is 4. The largest absolute Gasteiger partial charge is 0.469 e. The van der Waals surface area contributed by atoms with Crippen molar-refractivity contribution in [2.75, 3.05) is 20.2 Å². The van der Waals surface area contributed by atoms with E-state index in [4.69, 9.17) is 4.74 Å². The van der Waals surface area contributed by atoms with Gasteiger partial charge < -0.3 is 9.64 Å². The number of nitrogens with zero attached hydrogens (tertiary/aromatic N) is 1. The van der Waals surface area contributed by atoms with Crippen LogP contribution in [0.4, 0.5) is 0 Å². The molecule has 0 spiro atoms. The van der Waals surface area contributed by atoms with E-state index in [-0.39, 0.29) is 24.2 Å². The molecule has 0 aromatic heterocycles. The Kier molecular flexibility index (Phi) is 7.10. The van der Waals surface area contributed by atoms with E-state index >= 15 is 0 Å². The predicted molar refractivity (Wildman–Crippen MR) is 109 cm³/mol. The number of amides is 1. The van der Waals surface area contributed by atoms with Gasteiger partial charge in [-0.1, -0.05) is 37.3 Å². The molecular weight excluding hydrogens is 354 g/mol. The summed E-state index contributed by atoms with van der Waals surface area (Å²) in [6.07, 6.45) is 0. The van der Waals surface area contributed by atoms with Crippen LogP contribution in [0.15, 0.2) is 42.5 Å². The van der Waals surface area contributed by atoms with Gasteiger partial charge in [0.2, 0.25) is 0 Å². The lowest BCUT2D eigenvalue weighted by atomic mass is 9.95. The van der Waals surface area contributed by atoms with E-state index in [2.05, 4.69) is 0 Å². The van der Waals surface area contributed by atoms with Crippen molar-refractivity contribution in [3.63, 3.8) is 0 Å². The summed E-state index contributed by atoms with van der Waals surface area (Å²) in [7, 11) is 1.33. The molecule has 148 valence electrons. The molecule has 2 aromatic rings. The Bertz CT molecular complexity index is 888. The van der Waals surface area contributed by atoms with Crippen LogP contribution in [0.3, 0.4) is 0 Å². The Morgan fingerprint density at radius 1 is 1.00 bits per heavy atom. The van der Waals surface area contributed by atoms with Crippen molar-refractivity contribution in [1.82, 2.24) is 4.90 Å². The number of aryl methyl sites for hydroxylation is 2. The number of carbonyl (C=O) groups is 3. The lowest BCUT2D eigenvalue weighted by Crippen LogP contribution is -2.37. The molecule has 1 unspecified atom stereocenters. The molecular formula is C23H27NO4. The number of methoxy groups -OCH3 is 1. The Balaban J connectivity index is 2.36. The van der Waals surface area contributed by atoms with Crippen molar-refractivity contribution < 1.29 is 19.1 Å². The lowest BCUT2D eigenvalue weighted by Gasteiger charge is -2.24. The number of ether oxygens (including phenoxy) is 1. The second-order valence-corrected chi connectivity index (χ2v) is 6.94. The third kappa shape index (κ3) is 4.66. The van der Waals surface area contributed by atoms with Gasteiger partial charge in [0.1, 0.15) is 0 Å². The van der Waals surface area contributed by atoms with Gasteiger partial charge in [-0.05, 0) is 44.0 Å². The summed E-state index contributed by atoms with van der Waals surface area (Å²) in [6.45, 7) is 8.16. The summed E-state index contributed by atoms with van der Waals surface area (Å²) >= 11 is 0. The maximum atomic E-state index is 13.1. The van der Waals surface area contributed by atoms with Crippen molar-refractivity contribution in [2.24, 2.45) is 5.92 Å². The maximum absolute atomic E-state index is 13.1. The summed E-state index contributed by atoms with van der Waals surface area (Å²) in [5, 5.41) is 0. The summed E-state index contributed by atoms with van der Waals surface area (Å²) < 4.78 is 4.75. The third-order valence-electron chi connectivity index (χ3n) is 4.94. The van der Waals surface area contributed by atoms with Crippen molar-refractivity contribution >= 4 is 17.7 Å². The summed E-state index contributed by atoms with van der Waals surface area (Å²) in [5.41, 5.74) is 3.38. The molecule has 1 amide bonds. The first-order chi connectivity index (χ1) is 13.3. The molecule has 0 saturated heterocycles.